The summed E-state index contributed by atoms with van der Waals surface area (Å²) in [5, 5.41) is 3.04. The van der Waals surface area contributed by atoms with Gasteiger partial charge in [-0.05, 0) is 41.3 Å². The molecule has 1 N–H and O–H groups in total. The molecule has 0 aromatic heterocycles. The fourth-order valence-electron chi connectivity index (χ4n) is 4.87. The Hall–Kier alpha value is -3.80. The van der Waals surface area contributed by atoms with Crippen molar-refractivity contribution in [2.45, 2.75) is 18.4 Å². The first-order chi connectivity index (χ1) is 15.6. The van der Waals surface area contributed by atoms with Crippen LogP contribution in [-0.4, -0.2) is 37.5 Å². The van der Waals surface area contributed by atoms with Crippen LogP contribution >= 0.6 is 0 Å². The second-order valence-electron chi connectivity index (χ2n) is 8.01. The van der Waals surface area contributed by atoms with Gasteiger partial charge in [-0.1, -0.05) is 42.5 Å². The Labute approximate surface area is 186 Å². The Bertz CT molecular complexity index is 1210. The van der Waals surface area contributed by atoms with E-state index in [0.29, 0.717) is 29.3 Å². The summed E-state index contributed by atoms with van der Waals surface area (Å²) in [7, 11) is 3.14. The maximum atomic E-state index is 13.8. The summed E-state index contributed by atoms with van der Waals surface area (Å²) >= 11 is 0. The Kier molecular flexibility index (Phi) is 5.05. The molecule has 5 rings (SSSR count). The van der Waals surface area contributed by atoms with Gasteiger partial charge in [0.1, 0.15) is 11.5 Å². The molecule has 6 nitrogen and oxygen atoms in total. The molecule has 162 valence electrons. The Morgan fingerprint density at radius 2 is 1.72 bits per heavy atom. The average Bonchev–Trinajstić information content (AvgIpc) is 2.84. The Morgan fingerprint density at radius 3 is 2.50 bits per heavy atom. The highest BCUT2D eigenvalue weighted by atomic mass is 16.5. The lowest BCUT2D eigenvalue weighted by Crippen LogP contribution is -2.49. The molecule has 2 amide bonds. The second-order valence-corrected chi connectivity index (χ2v) is 8.01. The van der Waals surface area contributed by atoms with Gasteiger partial charge in [0.15, 0.2) is 0 Å². The van der Waals surface area contributed by atoms with Crippen LogP contribution in [0, 0.1) is 0 Å². The summed E-state index contributed by atoms with van der Waals surface area (Å²) in [5.41, 5.74) is 4.11. The Balaban J connectivity index is 1.60. The monoisotopic (exact) mass is 428 g/mol. The van der Waals surface area contributed by atoms with Gasteiger partial charge in [-0.3, -0.25) is 9.59 Å². The van der Waals surface area contributed by atoms with Crippen LogP contribution in [0.3, 0.4) is 0 Å². The topological polar surface area (TPSA) is 67.9 Å². The van der Waals surface area contributed by atoms with Crippen molar-refractivity contribution in [2.24, 2.45) is 0 Å². The molecule has 0 saturated carbocycles. The molecule has 0 radical (unpaired) electrons. The van der Waals surface area contributed by atoms with E-state index in [0.717, 1.165) is 17.5 Å². The van der Waals surface area contributed by atoms with Gasteiger partial charge in [-0.2, -0.15) is 0 Å². The number of fused-ring (bicyclic) bond motifs is 4. The molecule has 0 unspecified atom stereocenters. The minimum absolute atomic E-state index is 0.0221. The van der Waals surface area contributed by atoms with E-state index in [1.54, 1.807) is 32.4 Å². The number of ether oxygens (including phenoxy) is 2. The summed E-state index contributed by atoms with van der Waals surface area (Å²) in [6.07, 6.45) is 0.779. The summed E-state index contributed by atoms with van der Waals surface area (Å²) in [6, 6.07) is 20.4. The SMILES string of the molecule is COc1ccc(NC(=O)[C@@H]2c3ccccc3C(=O)N3CCc4ccccc4[C@@H]23)c(OC)c1. The molecule has 6 heteroatoms. The van der Waals surface area contributed by atoms with Gasteiger partial charge >= 0.3 is 0 Å². The number of carbonyl (C=O) groups excluding carboxylic acids is 2. The summed E-state index contributed by atoms with van der Waals surface area (Å²) < 4.78 is 10.7. The van der Waals surface area contributed by atoms with Gasteiger partial charge in [-0.15, -0.1) is 0 Å². The third kappa shape index (κ3) is 3.19. The van der Waals surface area contributed by atoms with E-state index in [1.807, 2.05) is 47.4 Å². The largest absolute Gasteiger partial charge is 0.497 e. The third-order valence-electron chi connectivity index (χ3n) is 6.38. The first-order valence-electron chi connectivity index (χ1n) is 10.6. The van der Waals surface area contributed by atoms with E-state index in [1.165, 1.54) is 5.56 Å². The number of amides is 2. The van der Waals surface area contributed by atoms with Crippen molar-refractivity contribution in [2.75, 3.05) is 26.1 Å². The average molecular weight is 428 g/mol. The van der Waals surface area contributed by atoms with E-state index >= 15 is 0 Å². The van der Waals surface area contributed by atoms with Crippen LogP contribution in [0.4, 0.5) is 5.69 Å². The lowest BCUT2D eigenvalue weighted by molar-refractivity contribution is -0.119. The number of nitrogens with zero attached hydrogens (tertiary/aromatic N) is 1. The minimum atomic E-state index is -0.544. The molecule has 0 saturated heterocycles. The highest BCUT2D eigenvalue weighted by Crippen LogP contribution is 2.46. The zero-order chi connectivity index (χ0) is 22.2. The van der Waals surface area contributed by atoms with Crippen LogP contribution in [0.2, 0.25) is 0 Å². The van der Waals surface area contributed by atoms with Gasteiger partial charge < -0.3 is 19.7 Å². The number of rotatable bonds is 4. The van der Waals surface area contributed by atoms with Crippen molar-refractivity contribution in [3.05, 3.63) is 89.0 Å². The summed E-state index contributed by atoms with van der Waals surface area (Å²) in [4.78, 5) is 29.0. The molecule has 2 aliphatic rings. The smallest absolute Gasteiger partial charge is 0.254 e. The first-order valence-corrected chi connectivity index (χ1v) is 10.6. The number of hydrogen-bond acceptors (Lipinski definition) is 4. The second kappa shape index (κ2) is 8.04. The Morgan fingerprint density at radius 1 is 0.969 bits per heavy atom. The lowest BCUT2D eigenvalue weighted by atomic mass is 9.76. The molecular weight excluding hydrogens is 404 g/mol. The van der Waals surface area contributed by atoms with E-state index in [4.69, 9.17) is 9.47 Å². The van der Waals surface area contributed by atoms with Gasteiger partial charge in [0.05, 0.1) is 31.9 Å². The number of benzene rings is 3. The number of nitrogens with one attached hydrogen (secondary N) is 1. The highest BCUT2D eigenvalue weighted by Gasteiger charge is 2.46. The number of hydrogen-bond donors (Lipinski definition) is 1. The van der Waals surface area contributed by atoms with E-state index < -0.39 is 5.92 Å². The molecular formula is C26H24N2O4. The van der Waals surface area contributed by atoms with Crippen LogP contribution < -0.4 is 14.8 Å². The molecule has 2 heterocycles. The van der Waals surface area contributed by atoms with Gasteiger partial charge in [-0.25, -0.2) is 0 Å². The van der Waals surface area contributed by atoms with Gasteiger partial charge in [0.25, 0.3) is 5.91 Å². The van der Waals surface area contributed by atoms with Crippen LogP contribution in [-0.2, 0) is 11.2 Å². The van der Waals surface area contributed by atoms with E-state index in [2.05, 4.69) is 11.4 Å². The van der Waals surface area contributed by atoms with Crippen molar-refractivity contribution >= 4 is 17.5 Å². The van der Waals surface area contributed by atoms with Crippen molar-refractivity contribution in [3.8, 4) is 11.5 Å². The standard InChI is InChI=1S/C26H24N2O4/c1-31-17-11-12-21(22(15-17)32-2)27-25(29)23-19-9-5-6-10-20(19)26(30)28-14-13-16-7-3-4-8-18(16)24(23)28/h3-12,15,23-24H,13-14H2,1-2H3,(H,27,29)/t23-,24+/m1/s1. The predicted molar refractivity (Wildman–Crippen MR) is 121 cm³/mol. The van der Waals surface area contributed by atoms with E-state index in [9.17, 15) is 9.59 Å². The summed E-state index contributed by atoms with van der Waals surface area (Å²) in [5.74, 6) is 0.406. The molecule has 32 heavy (non-hydrogen) atoms. The number of carbonyl (C=O) groups is 2. The predicted octanol–water partition coefficient (Wildman–Crippen LogP) is 4.18. The molecule has 3 aromatic rings. The van der Waals surface area contributed by atoms with Gasteiger partial charge in [0.2, 0.25) is 5.91 Å². The third-order valence-corrected chi connectivity index (χ3v) is 6.38. The van der Waals surface area contributed by atoms with Crippen LogP contribution in [0.25, 0.3) is 0 Å². The molecule has 3 aromatic carbocycles. The van der Waals surface area contributed by atoms with Crippen molar-refractivity contribution < 1.29 is 19.1 Å². The zero-order valence-electron chi connectivity index (χ0n) is 18.0. The number of anilines is 1. The van der Waals surface area contributed by atoms with Crippen molar-refractivity contribution in [3.63, 3.8) is 0 Å². The summed E-state index contributed by atoms with van der Waals surface area (Å²) in [6.45, 7) is 0.588. The molecule has 2 aliphatic heterocycles. The fraction of sp³-hybridized carbons (Fsp3) is 0.231. The quantitative estimate of drug-likeness (QED) is 0.677. The molecule has 0 aliphatic carbocycles. The first kappa shape index (κ1) is 20.1. The molecule has 0 bridgehead atoms. The van der Waals surface area contributed by atoms with Crippen molar-refractivity contribution in [1.82, 2.24) is 4.90 Å². The maximum Gasteiger partial charge on any atom is 0.254 e. The van der Waals surface area contributed by atoms with Gasteiger partial charge in [0, 0.05) is 18.2 Å². The molecule has 0 spiro atoms. The fourth-order valence-corrected chi connectivity index (χ4v) is 4.87. The highest BCUT2D eigenvalue weighted by molar-refractivity contribution is 6.05. The number of methoxy groups -OCH3 is 2. The molecule has 2 atom stereocenters. The normalized spacial score (nSPS) is 18.8. The maximum absolute atomic E-state index is 13.8. The van der Waals surface area contributed by atoms with Crippen LogP contribution in [0.15, 0.2) is 66.7 Å². The van der Waals surface area contributed by atoms with E-state index in [-0.39, 0.29) is 17.9 Å². The van der Waals surface area contributed by atoms with Crippen LogP contribution in [0.1, 0.15) is 39.0 Å². The minimum Gasteiger partial charge on any atom is -0.497 e. The zero-order valence-corrected chi connectivity index (χ0v) is 18.0. The lowest BCUT2D eigenvalue weighted by Gasteiger charge is -2.45. The van der Waals surface area contributed by atoms with Crippen LogP contribution in [0.5, 0.6) is 11.5 Å². The van der Waals surface area contributed by atoms with Crippen molar-refractivity contribution in [1.29, 1.82) is 0 Å². The molecule has 0 fully saturated rings.